The number of nitrogens with one attached hydrogen (secondary N) is 1. The molecule has 20 heavy (non-hydrogen) atoms. The molecule has 0 saturated carbocycles. The SMILES string of the molecule is CNCC1CCCN1S(=O)(=O)c1cccc([N+](=O)[O-])c1. The molecular weight excluding hydrogens is 282 g/mol. The average Bonchev–Trinajstić information content (AvgIpc) is 2.88. The van der Waals surface area contributed by atoms with Crippen LogP contribution < -0.4 is 5.32 Å². The summed E-state index contributed by atoms with van der Waals surface area (Å²) in [6.45, 7) is 1.03. The van der Waals surface area contributed by atoms with Crippen LogP contribution in [0, 0.1) is 10.1 Å². The molecule has 1 aliphatic rings. The molecule has 0 amide bonds. The maximum absolute atomic E-state index is 12.6. The standard InChI is InChI=1S/C12H17N3O4S/c1-13-9-11-5-3-7-14(11)20(18,19)12-6-2-4-10(8-12)15(16)17/h2,4,6,8,11,13H,3,5,7,9H2,1H3. The van der Waals surface area contributed by atoms with Gasteiger partial charge >= 0.3 is 0 Å². The predicted octanol–water partition coefficient (Wildman–Crippen LogP) is 0.967. The van der Waals surface area contributed by atoms with Crippen LogP contribution in [0.2, 0.25) is 0 Å². The van der Waals surface area contributed by atoms with Crippen molar-refractivity contribution in [3.8, 4) is 0 Å². The van der Waals surface area contributed by atoms with Gasteiger partial charge in [0.15, 0.2) is 0 Å². The summed E-state index contributed by atoms with van der Waals surface area (Å²) >= 11 is 0. The summed E-state index contributed by atoms with van der Waals surface area (Å²) in [5.74, 6) is 0. The molecule has 1 fully saturated rings. The van der Waals surface area contributed by atoms with Gasteiger partial charge in [0.05, 0.1) is 9.82 Å². The fourth-order valence-electron chi connectivity index (χ4n) is 2.46. The van der Waals surface area contributed by atoms with E-state index < -0.39 is 14.9 Å². The number of rotatable bonds is 5. The van der Waals surface area contributed by atoms with Gasteiger partial charge in [0, 0.05) is 31.3 Å². The lowest BCUT2D eigenvalue weighted by molar-refractivity contribution is -0.385. The molecule has 0 aromatic heterocycles. The van der Waals surface area contributed by atoms with E-state index in [9.17, 15) is 18.5 Å². The molecule has 1 aliphatic heterocycles. The molecule has 1 heterocycles. The first-order valence-corrected chi connectivity index (χ1v) is 7.81. The van der Waals surface area contributed by atoms with Gasteiger partial charge in [0.2, 0.25) is 10.0 Å². The third-order valence-corrected chi connectivity index (χ3v) is 5.35. The molecule has 0 bridgehead atoms. The number of hydrogen-bond acceptors (Lipinski definition) is 5. The molecule has 1 aromatic rings. The van der Waals surface area contributed by atoms with Crippen LogP contribution >= 0.6 is 0 Å². The fraction of sp³-hybridized carbons (Fsp3) is 0.500. The number of nitro benzene ring substituents is 1. The van der Waals surface area contributed by atoms with Crippen LogP contribution in [0.15, 0.2) is 29.2 Å². The summed E-state index contributed by atoms with van der Waals surface area (Å²) in [6.07, 6.45) is 1.61. The van der Waals surface area contributed by atoms with Crippen molar-refractivity contribution >= 4 is 15.7 Å². The highest BCUT2D eigenvalue weighted by molar-refractivity contribution is 7.89. The Balaban J connectivity index is 2.34. The monoisotopic (exact) mass is 299 g/mol. The minimum atomic E-state index is -3.68. The number of likely N-dealkylation sites (N-methyl/N-ethyl adjacent to an activating group) is 1. The fourth-order valence-corrected chi connectivity index (χ4v) is 4.19. The Labute approximate surface area is 117 Å². The van der Waals surface area contributed by atoms with Gasteiger partial charge in [-0.1, -0.05) is 6.07 Å². The molecule has 7 nitrogen and oxygen atoms in total. The summed E-state index contributed by atoms with van der Waals surface area (Å²) in [7, 11) is -1.90. The minimum absolute atomic E-state index is 0.0188. The van der Waals surface area contributed by atoms with Gasteiger partial charge < -0.3 is 5.32 Å². The first-order valence-electron chi connectivity index (χ1n) is 6.37. The summed E-state index contributed by atoms with van der Waals surface area (Å²) in [4.78, 5) is 10.1. The third-order valence-electron chi connectivity index (χ3n) is 3.40. The van der Waals surface area contributed by atoms with Gasteiger partial charge in [-0.3, -0.25) is 10.1 Å². The largest absolute Gasteiger partial charge is 0.318 e. The van der Waals surface area contributed by atoms with Crippen LogP contribution in [-0.4, -0.2) is 43.8 Å². The Morgan fingerprint density at radius 2 is 2.25 bits per heavy atom. The van der Waals surface area contributed by atoms with Crippen molar-refractivity contribution in [3.05, 3.63) is 34.4 Å². The highest BCUT2D eigenvalue weighted by Crippen LogP contribution is 2.27. The number of hydrogen-bond donors (Lipinski definition) is 1. The topological polar surface area (TPSA) is 92.6 Å². The molecule has 1 unspecified atom stereocenters. The zero-order valence-corrected chi connectivity index (χ0v) is 12.0. The maximum Gasteiger partial charge on any atom is 0.270 e. The van der Waals surface area contributed by atoms with Crippen LogP contribution in [0.4, 0.5) is 5.69 Å². The second-order valence-electron chi connectivity index (χ2n) is 4.72. The first-order chi connectivity index (χ1) is 9.46. The molecule has 1 N–H and O–H groups in total. The van der Waals surface area contributed by atoms with Gasteiger partial charge in [0.1, 0.15) is 0 Å². The molecule has 2 rings (SSSR count). The number of nitrogens with zero attached hydrogens (tertiary/aromatic N) is 2. The van der Waals surface area contributed by atoms with Gasteiger partial charge in [-0.25, -0.2) is 8.42 Å². The van der Waals surface area contributed by atoms with Crippen molar-refractivity contribution in [1.29, 1.82) is 0 Å². The van der Waals surface area contributed by atoms with Crippen LogP contribution in [0.25, 0.3) is 0 Å². The lowest BCUT2D eigenvalue weighted by atomic mass is 10.2. The number of benzene rings is 1. The van der Waals surface area contributed by atoms with Gasteiger partial charge in [-0.2, -0.15) is 4.31 Å². The Morgan fingerprint density at radius 3 is 2.90 bits per heavy atom. The van der Waals surface area contributed by atoms with Crippen LogP contribution in [0.5, 0.6) is 0 Å². The molecule has 1 saturated heterocycles. The third kappa shape index (κ3) is 2.82. The second kappa shape index (κ2) is 5.86. The average molecular weight is 299 g/mol. The maximum atomic E-state index is 12.6. The lowest BCUT2D eigenvalue weighted by Gasteiger charge is -2.23. The highest BCUT2D eigenvalue weighted by atomic mass is 32.2. The molecule has 1 atom stereocenters. The summed E-state index contributed by atoms with van der Waals surface area (Å²) in [5, 5.41) is 13.7. The molecule has 8 heteroatoms. The first kappa shape index (κ1) is 14.9. The molecule has 0 aliphatic carbocycles. The van der Waals surface area contributed by atoms with E-state index >= 15 is 0 Å². The smallest absolute Gasteiger partial charge is 0.270 e. The Bertz CT molecular complexity index is 602. The van der Waals surface area contributed by atoms with Crippen molar-refractivity contribution in [2.24, 2.45) is 0 Å². The van der Waals surface area contributed by atoms with Gasteiger partial charge in [0.25, 0.3) is 5.69 Å². The summed E-state index contributed by atoms with van der Waals surface area (Å²) in [5.41, 5.74) is -0.213. The van der Waals surface area contributed by atoms with E-state index in [1.54, 1.807) is 7.05 Å². The van der Waals surface area contributed by atoms with E-state index in [0.29, 0.717) is 13.1 Å². The van der Waals surface area contributed by atoms with Crippen molar-refractivity contribution in [3.63, 3.8) is 0 Å². The van der Waals surface area contributed by atoms with E-state index in [1.165, 1.54) is 22.5 Å². The lowest BCUT2D eigenvalue weighted by Crippen LogP contribution is -2.40. The molecular formula is C12H17N3O4S. The predicted molar refractivity (Wildman–Crippen MR) is 73.9 cm³/mol. The molecule has 110 valence electrons. The van der Waals surface area contributed by atoms with Crippen molar-refractivity contribution in [2.75, 3.05) is 20.1 Å². The number of sulfonamides is 1. The van der Waals surface area contributed by atoms with Crippen molar-refractivity contribution < 1.29 is 13.3 Å². The van der Waals surface area contributed by atoms with Crippen LogP contribution in [0.1, 0.15) is 12.8 Å². The van der Waals surface area contributed by atoms with Crippen molar-refractivity contribution in [1.82, 2.24) is 9.62 Å². The van der Waals surface area contributed by atoms with E-state index in [1.807, 2.05) is 0 Å². The van der Waals surface area contributed by atoms with Gasteiger partial charge in [-0.05, 0) is 26.0 Å². The Morgan fingerprint density at radius 1 is 1.50 bits per heavy atom. The van der Waals surface area contributed by atoms with Crippen molar-refractivity contribution in [2.45, 2.75) is 23.8 Å². The second-order valence-corrected chi connectivity index (χ2v) is 6.61. The molecule has 0 spiro atoms. The van der Waals surface area contributed by atoms with Crippen LogP contribution in [0.3, 0.4) is 0 Å². The Kier molecular flexibility index (Phi) is 4.36. The zero-order chi connectivity index (χ0) is 14.8. The number of nitro groups is 1. The summed E-state index contributed by atoms with van der Waals surface area (Å²) < 4.78 is 26.6. The Hall–Kier alpha value is -1.51. The van der Waals surface area contributed by atoms with E-state index in [-0.39, 0.29) is 16.6 Å². The minimum Gasteiger partial charge on any atom is -0.318 e. The quantitative estimate of drug-likeness (QED) is 0.646. The van der Waals surface area contributed by atoms with E-state index in [2.05, 4.69) is 5.32 Å². The highest BCUT2D eigenvalue weighted by Gasteiger charge is 2.35. The normalized spacial score (nSPS) is 20.1. The summed E-state index contributed by atoms with van der Waals surface area (Å²) in [6, 6.07) is 5.10. The van der Waals surface area contributed by atoms with E-state index in [0.717, 1.165) is 18.9 Å². The van der Waals surface area contributed by atoms with Crippen LogP contribution in [-0.2, 0) is 10.0 Å². The zero-order valence-electron chi connectivity index (χ0n) is 11.2. The molecule has 0 radical (unpaired) electrons. The van der Waals surface area contributed by atoms with E-state index in [4.69, 9.17) is 0 Å². The number of non-ortho nitro benzene ring substituents is 1. The van der Waals surface area contributed by atoms with Gasteiger partial charge in [-0.15, -0.1) is 0 Å². The molecule has 1 aromatic carbocycles.